The van der Waals surface area contributed by atoms with Gasteiger partial charge in [-0.05, 0) is 36.2 Å². The summed E-state index contributed by atoms with van der Waals surface area (Å²) in [5.41, 5.74) is 1.76. The van der Waals surface area contributed by atoms with Crippen molar-refractivity contribution in [3.8, 4) is 11.5 Å². The number of methoxy groups -OCH3 is 1. The number of phenols is 1. The van der Waals surface area contributed by atoms with Gasteiger partial charge in [0.05, 0.1) is 7.11 Å². The zero-order valence-corrected chi connectivity index (χ0v) is 13.5. The van der Waals surface area contributed by atoms with Crippen LogP contribution in [0.3, 0.4) is 0 Å². The number of carbonyl (C=O) groups excluding carboxylic acids is 2. The fourth-order valence-electron chi connectivity index (χ4n) is 2.04. The highest BCUT2D eigenvalue weighted by atomic mass is 16.5. The van der Waals surface area contributed by atoms with E-state index in [-0.39, 0.29) is 11.3 Å². The molecular weight excluding hydrogens is 310 g/mol. The molecule has 0 aromatic heterocycles. The van der Waals surface area contributed by atoms with Crippen LogP contribution in [0.15, 0.2) is 42.5 Å². The molecule has 0 radical (unpaired) electrons. The molecule has 24 heavy (non-hydrogen) atoms. The van der Waals surface area contributed by atoms with Crippen molar-refractivity contribution in [2.45, 2.75) is 13.3 Å². The van der Waals surface area contributed by atoms with Gasteiger partial charge in [-0.25, -0.2) is 4.79 Å². The zero-order chi connectivity index (χ0) is 17.5. The number of nitrogens with one attached hydrogen (secondary N) is 1. The van der Waals surface area contributed by atoms with Crippen LogP contribution in [-0.2, 0) is 16.0 Å². The molecule has 0 saturated heterocycles. The lowest BCUT2D eigenvalue weighted by Crippen LogP contribution is -2.21. The number of hydrogen-bond donors (Lipinski definition) is 2. The van der Waals surface area contributed by atoms with Crippen LogP contribution >= 0.6 is 0 Å². The van der Waals surface area contributed by atoms with Gasteiger partial charge in [0.1, 0.15) is 17.1 Å². The van der Waals surface area contributed by atoms with Crippen molar-refractivity contribution in [1.82, 2.24) is 0 Å². The molecule has 1 amide bonds. The number of phenolic OH excluding ortho intramolecular Hbond substituents is 1. The summed E-state index contributed by atoms with van der Waals surface area (Å²) in [6, 6.07) is 11.6. The monoisotopic (exact) mass is 329 g/mol. The molecule has 0 bridgehead atoms. The van der Waals surface area contributed by atoms with Gasteiger partial charge in [0.2, 0.25) is 0 Å². The predicted octanol–water partition coefficient (Wildman–Crippen LogP) is 2.76. The summed E-state index contributed by atoms with van der Waals surface area (Å²) in [6.45, 7) is 1.60. The number of benzene rings is 2. The number of rotatable bonds is 6. The maximum atomic E-state index is 11.9. The van der Waals surface area contributed by atoms with Gasteiger partial charge in [-0.2, -0.15) is 0 Å². The van der Waals surface area contributed by atoms with E-state index in [4.69, 9.17) is 9.47 Å². The van der Waals surface area contributed by atoms with Crippen LogP contribution in [-0.4, -0.2) is 30.7 Å². The number of hydrogen-bond acceptors (Lipinski definition) is 5. The number of ether oxygens (including phenoxy) is 2. The van der Waals surface area contributed by atoms with Crippen molar-refractivity contribution in [3.63, 3.8) is 0 Å². The van der Waals surface area contributed by atoms with Crippen molar-refractivity contribution in [3.05, 3.63) is 53.6 Å². The summed E-state index contributed by atoms with van der Waals surface area (Å²) >= 11 is 0. The molecule has 0 fully saturated rings. The van der Waals surface area contributed by atoms with Gasteiger partial charge in [0.25, 0.3) is 5.91 Å². The second-order valence-corrected chi connectivity index (χ2v) is 5.06. The lowest BCUT2D eigenvalue weighted by Gasteiger charge is -2.09. The van der Waals surface area contributed by atoms with Gasteiger partial charge in [0.15, 0.2) is 6.61 Å². The molecular formula is C18H19NO5. The Kier molecular flexibility index (Phi) is 5.78. The van der Waals surface area contributed by atoms with Crippen LogP contribution in [0.2, 0.25) is 0 Å². The molecule has 0 aliphatic rings. The molecule has 0 aliphatic carbocycles. The average Bonchev–Trinajstić information content (AvgIpc) is 2.60. The van der Waals surface area contributed by atoms with E-state index in [2.05, 4.69) is 5.32 Å². The Balaban J connectivity index is 1.89. The molecule has 2 N–H and O–H groups in total. The minimum absolute atomic E-state index is 0.0316. The fraction of sp³-hybridized carbons (Fsp3) is 0.222. The van der Waals surface area contributed by atoms with E-state index < -0.39 is 18.5 Å². The Labute approximate surface area is 140 Å². The topological polar surface area (TPSA) is 84.9 Å². The van der Waals surface area contributed by atoms with E-state index in [0.29, 0.717) is 11.4 Å². The van der Waals surface area contributed by atoms with Gasteiger partial charge in [-0.15, -0.1) is 0 Å². The minimum Gasteiger partial charge on any atom is -0.507 e. The van der Waals surface area contributed by atoms with Crippen molar-refractivity contribution < 1.29 is 24.2 Å². The highest BCUT2D eigenvalue weighted by molar-refractivity contribution is 5.96. The summed E-state index contributed by atoms with van der Waals surface area (Å²) in [5, 5.41) is 12.4. The molecule has 2 aromatic carbocycles. The second kappa shape index (κ2) is 8.01. The smallest absolute Gasteiger partial charge is 0.342 e. The van der Waals surface area contributed by atoms with E-state index >= 15 is 0 Å². The molecule has 0 spiro atoms. The zero-order valence-electron chi connectivity index (χ0n) is 13.5. The van der Waals surface area contributed by atoms with Crippen LogP contribution in [0.25, 0.3) is 0 Å². The normalized spacial score (nSPS) is 10.1. The van der Waals surface area contributed by atoms with E-state index in [1.54, 1.807) is 12.1 Å². The van der Waals surface area contributed by atoms with Crippen LogP contribution in [0.5, 0.6) is 11.5 Å². The summed E-state index contributed by atoms with van der Waals surface area (Å²) in [6.07, 6.45) is 0.914. The molecule has 6 heteroatoms. The largest absolute Gasteiger partial charge is 0.507 e. The van der Waals surface area contributed by atoms with Gasteiger partial charge >= 0.3 is 5.97 Å². The molecule has 0 aliphatic heterocycles. The summed E-state index contributed by atoms with van der Waals surface area (Å²) in [7, 11) is 1.45. The van der Waals surface area contributed by atoms with Crippen molar-refractivity contribution in [2.24, 2.45) is 0 Å². The highest BCUT2D eigenvalue weighted by Crippen LogP contribution is 2.23. The van der Waals surface area contributed by atoms with Crippen LogP contribution in [0.4, 0.5) is 5.69 Å². The number of esters is 1. The van der Waals surface area contributed by atoms with E-state index in [9.17, 15) is 14.7 Å². The Hall–Kier alpha value is -3.02. The quantitative estimate of drug-likeness (QED) is 0.796. The first-order valence-electron chi connectivity index (χ1n) is 7.46. The number of carbonyl (C=O) groups is 2. The summed E-state index contributed by atoms with van der Waals surface area (Å²) in [4.78, 5) is 23.7. The molecule has 0 saturated carbocycles. The number of aromatic hydroxyl groups is 1. The molecule has 2 rings (SSSR count). The Morgan fingerprint density at radius 2 is 1.83 bits per heavy atom. The summed E-state index contributed by atoms with van der Waals surface area (Å²) < 4.78 is 9.84. The van der Waals surface area contributed by atoms with Crippen LogP contribution < -0.4 is 10.1 Å². The average molecular weight is 329 g/mol. The van der Waals surface area contributed by atoms with Crippen molar-refractivity contribution >= 4 is 17.6 Å². The maximum Gasteiger partial charge on any atom is 0.342 e. The van der Waals surface area contributed by atoms with E-state index in [1.807, 2.05) is 19.1 Å². The van der Waals surface area contributed by atoms with Gasteiger partial charge in [-0.3, -0.25) is 4.79 Å². The van der Waals surface area contributed by atoms with Crippen LogP contribution in [0, 0.1) is 0 Å². The minimum atomic E-state index is -0.786. The lowest BCUT2D eigenvalue weighted by molar-refractivity contribution is -0.119. The van der Waals surface area contributed by atoms with Crippen molar-refractivity contribution in [1.29, 1.82) is 0 Å². The Morgan fingerprint density at radius 1 is 1.12 bits per heavy atom. The third-order valence-electron chi connectivity index (χ3n) is 3.41. The third-order valence-corrected chi connectivity index (χ3v) is 3.41. The third kappa shape index (κ3) is 4.49. The molecule has 0 heterocycles. The molecule has 0 atom stereocenters. The standard InChI is InChI=1S/C18H19NO5/c1-3-12-4-6-13(7-5-12)19-17(21)11-24-18(22)15-9-8-14(23-2)10-16(15)20/h4-10,20H,3,11H2,1-2H3,(H,19,21). The first-order chi connectivity index (χ1) is 11.5. The van der Waals surface area contributed by atoms with E-state index in [0.717, 1.165) is 12.0 Å². The van der Waals surface area contributed by atoms with Gasteiger partial charge in [0, 0.05) is 11.8 Å². The number of amides is 1. The maximum absolute atomic E-state index is 11.9. The SMILES string of the molecule is CCc1ccc(NC(=O)COC(=O)c2ccc(OC)cc2O)cc1. The molecule has 126 valence electrons. The predicted molar refractivity (Wildman–Crippen MR) is 89.4 cm³/mol. The van der Waals surface area contributed by atoms with Crippen LogP contribution in [0.1, 0.15) is 22.8 Å². The molecule has 0 unspecified atom stereocenters. The fourth-order valence-corrected chi connectivity index (χ4v) is 2.04. The molecule has 2 aromatic rings. The van der Waals surface area contributed by atoms with Crippen molar-refractivity contribution in [2.75, 3.05) is 19.0 Å². The first kappa shape index (κ1) is 17.3. The Bertz CT molecular complexity index is 725. The van der Waals surface area contributed by atoms with E-state index in [1.165, 1.54) is 25.3 Å². The summed E-state index contributed by atoms with van der Waals surface area (Å²) in [5.74, 6) is -1.10. The first-order valence-corrected chi connectivity index (χ1v) is 7.46. The van der Waals surface area contributed by atoms with Gasteiger partial charge in [-0.1, -0.05) is 19.1 Å². The number of anilines is 1. The Morgan fingerprint density at radius 3 is 2.42 bits per heavy atom. The number of aryl methyl sites for hydroxylation is 1. The molecule has 6 nitrogen and oxygen atoms in total. The second-order valence-electron chi connectivity index (χ2n) is 5.06. The van der Waals surface area contributed by atoms with Gasteiger partial charge < -0.3 is 19.9 Å². The lowest BCUT2D eigenvalue weighted by atomic mass is 10.1. The highest BCUT2D eigenvalue weighted by Gasteiger charge is 2.15.